The zero-order valence-corrected chi connectivity index (χ0v) is 15.8. The first-order valence-electron chi connectivity index (χ1n) is 8.42. The molecule has 28 heavy (non-hydrogen) atoms. The zero-order chi connectivity index (χ0) is 21.1. The summed E-state index contributed by atoms with van der Waals surface area (Å²) in [6, 6.07) is 8.08. The van der Waals surface area contributed by atoms with Gasteiger partial charge in [-0.15, -0.1) is 13.2 Å². The molecule has 2 aromatic carbocycles. The number of hydrogen-bond acceptors (Lipinski definition) is 4. The third-order valence-electron chi connectivity index (χ3n) is 3.90. The van der Waals surface area contributed by atoms with Crippen LogP contribution in [-0.2, 0) is 9.53 Å². The Kier molecular flexibility index (Phi) is 6.33. The Morgan fingerprint density at radius 3 is 2.04 bits per heavy atom. The van der Waals surface area contributed by atoms with Gasteiger partial charge in [0.2, 0.25) is 0 Å². The van der Waals surface area contributed by atoms with Crippen molar-refractivity contribution in [1.82, 2.24) is 0 Å². The largest absolute Gasteiger partial charge is 0.573 e. The third-order valence-corrected chi connectivity index (χ3v) is 3.90. The van der Waals surface area contributed by atoms with Crippen LogP contribution >= 0.6 is 0 Å². The van der Waals surface area contributed by atoms with Crippen molar-refractivity contribution in [2.24, 2.45) is 0 Å². The summed E-state index contributed by atoms with van der Waals surface area (Å²) in [6.07, 6.45) is -5.92. The minimum Gasteiger partial charge on any atom is -0.449 e. The van der Waals surface area contributed by atoms with Crippen LogP contribution in [0.4, 0.5) is 18.9 Å². The maximum Gasteiger partial charge on any atom is 0.573 e. The SMILES string of the molecule is Cc1cc(C)c(NC(=O)[C@H](C)OC(=O)c2ccc(OC(F)(F)F)cc2)c(C)c1. The van der Waals surface area contributed by atoms with Gasteiger partial charge in [0.1, 0.15) is 5.75 Å². The highest BCUT2D eigenvalue weighted by Crippen LogP contribution is 2.24. The summed E-state index contributed by atoms with van der Waals surface area (Å²) in [7, 11) is 0. The molecule has 0 unspecified atom stereocenters. The Hall–Kier alpha value is -3.03. The third kappa shape index (κ3) is 5.73. The molecule has 1 atom stereocenters. The van der Waals surface area contributed by atoms with E-state index < -0.39 is 30.1 Å². The van der Waals surface area contributed by atoms with E-state index in [1.54, 1.807) is 0 Å². The van der Waals surface area contributed by atoms with Crippen LogP contribution in [-0.4, -0.2) is 24.3 Å². The van der Waals surface area contributed by atoms with Crippen LogP contribution in [0.25, 0.3) is 0 Å². The van der Waals surface area contributed by atoms with Crippen molar-refractivity contribution in [1.29, 1.82) is 0 Å². The summed E-state index contributed by atoms with van der Waals surface area (Å²) in [5, 5.41) is 2.74. The normalized spacial score (nSPS) is 12.2. The molecule has 0 spiro atoms. The maximum atomic E-state index is 12.3. The molecule has 5 nitrogen and oxygen atoms in total. The molecular weight excluding hydrogens is 375 g/mol. The van der Waals surface area contributed by atoms with Gasteiger partial charge in [-0.05, 0) is 63.1 Å². The van der Waals surface area contributed by atoms with Crippen molar-refractivity contribution < 1.29 is 32.2 Å². The van der Waals surface area contributed by atoms with E-state index in [1.165, 1.54) is 6.92 Å². The highest BCUT2D eigenvalue weighted by atomic mass is 19.4. The molecule has 0 aliphatic rings. The standard InChI is InChI=1S/C20H20F3NO4/c1-11-9-12(2)17(13(3)10-11)24-18(25)14(4)27-19(26)15-5-7-16(8-6-15)28-20(21,22)23/h5-10,14H,1-4H3,(H,24,25)/t14-/m0/s1. The average molecular weight is 395 g/mol. The molecule has 150 valence electrons. The molecule has 0 radical (unpaired) electrons. The van der Waals surface area contributed by atoms with E-state index in [1.807, 2.05) is 32.9 Å². The number of nitrogens with one attached hydrogen (secondary N) is 1. The van der Waals surface area contributed by atoms with Gasteiger partial charge in [-0.1, -0.05) is 17.7 Å². The molecule has 0 aliphatic heterocycles. The summed E-state index contributed by atoms with van der Waals surface area (Å²) < 4.78 is 45.3. The number of ether oxygens (including phenoxy) is 2. The predicted octanol–water partition coefficient (Wildman–Crippen LogP) is 4.69. The van der Waals surface area contributed by atoms with E-state index in [-0.39, 0.29) is 5.56 Å². The molecule has 1 N–H and O–H groups in total. The van der Waals surface area contributed by atoms with Gasteiger partial charge < -0.3 is 14.8 Å². The minimum absolute atomic E-state index is 0.00290. The fraction of sp³-hybridized carbons (Fsp3) is 0.300. The van der Waals surface area contributed by atoms with Crippen LogP contribution in [0.1, 0.15) is 34.0 Å². The van der Waals surface area contributed by atoms with E-state index in [2.05, 4.69) is 10.1 Å². The molecule has 1 amide bonds. The number of rotatable bonds is 5. The summed E-state index contributed by atoms with van der Waals surface area (Å²) in [5.41, 5.74) is 3.46. The molecule has 8 heteroatoms. The number of halogens is 3. The van der Waals surface area contributed by atoms with Crippen LogP contribution < -0.4 is 10.1 Å². The van der Waals surface area contributed by atoms with Crippen LogP contribution in [0.3, 0.4) is 0 Å². The van der Waals surface area contributed by atoms with Gasteiger partial charge in [-0.25, -0.2) is 4.79 Å². The summed E-state index contributed by atoms with van der Waals surface area (Å²) in [6.45, 7) is 7.07. The van der Waals surface area contributed by atoms with Gasteiger partial charge >= 0.3 is 12.3 Å². The average Bonchev–Trinajstić information content (AvgIpc) is 2.56. The Bertz CT molecular complexity index is 853. The fourth-order valence-electron chi connectivity index (χ4n) is 2.68. The van der Waals surface area contributed by atoms with Crippen molar-refractivity contribution in [3.05, 3.63) is 58.7 Å². The monoisotopic (exact) mass is 395 g/mol. The molecule has 0 aromatic heterocycles. The number of alkyl halides is 3. The topological polar surface area (TPSA) is 64.6 Å². The smallest absolute Gasteiger partial charge is 0.449 e. The molecule has 0 heterocycles. The number of aryl methyl sites for hydroxylation is 3. The quantitative estimate of drug-likeness (QED) is 0.746. The number of benzene rings is 2. The van der Waals surface area contributed by atoms with E-state index in [0.29, 0.717) is 5.69 Å². The number of amides is 1. The van der Waals surface area contributed by atoms with Gasteiger partial charge in [-0.2, -0.15) is 0 Å². The Labute approximate surface area is 160 Å². The van der Waals surface area contributed by atoms with Crippen molar-refractivity contribution in [3.63, 3.8) is 0 Å². The molecular formula is C20H20F3NO4. The van der Waals surface area contributed by atoms with Crippen molar-refractivity contribution in [2.45, 2.75) is 40.2 Å². The summed E-state index contributed by atoms with van der Waals surface area (Å²) in [4.78, 5) is 24.5. The molecule has 2 aromatic rings. The van der Waals surface area contributed by atoms with Crippen LogP contribution in [0.5, 0.6) is 5.75 Å². The van der Waals surface area contributed by atoms with E-state index in [0.717, 1.165) is 41.0 Å². The molecule has 0 fully saturated rings. The highest BCUT2D eigenvalue weighted by molar-refractivity contribution is 5.98. The number of esters is 1. The van der Waals surface area contributed by atoms with Crippen molar-refractivity contribution in [3.8, 4) is 5.75 Å². The van der Waals surface area contributed by atoms with Gasteiger partial charge in [0.05, 0.1) is 5.56 Å². The van der Waals surface area contributed by atoms with Crippen LogP contribution in [0.15, 0.2) is 36.4 Å². The Morgan fingerprint density at radius 1 is 1.00 bits per heavy atom. The van der Waals surface area contributed by atoms with Gasteiger partial charge in [0, 0.05) is 5.69 Å². The second kappa shape index (κ2) is 8.33. The van der Waals surface area contributed by atoms with Crippen LogP contribution in [0.2, 0.25) is 0 Å². The number of carbonyl (C=O) groups is 2. The first-order valence-corrected chi connectivity index (χ1v) is 8.42. The predicted molar refractivity (Wildman–Crippen MR) is 97.3 cm³/mol. The number of anilines is 1. The molecule has 0 saturated heterocycles. The van der Waals surface area contributed by atoms with Gasteiger partial charge in [-0.3, -0.25) is 4.79 Å². The Balaban J connectivity index is 2.01. The van der Waals surface area contributed by atoms with E-state index in [9.17, 15) is 22.8 Å². The lowest BCUT2D eigenvalue weighted by Crippen LogP contribution is -2.30. The first kappa shape index (κ1) is 21.3. The van der Waals surface area contributed by atoms with Crippen LogP contribution in [0, 0.1) is 20.8 Å². The highest BCUT2D eigenvalue weighted by Gasteiger charge is 2.31. The maximum absolute atomic E-state index is 12.3. The number of carbonyl (C=O) groups excluding carboxylic acids is 2. The second-order valence-electron chi connectivity index (χ2n) is 6.38. The molecule has 0 aliphatic carbocycles. The minimum atomic E-state index is -4.82. The van der Waals surface area contributed by atoms with Gasteiger partial charge in [0.15, 0.2) is 6.10 Å². The summed E-state index contributed by atoms with van der Waals surface area (Å²) in [5.74, 6) is -1.81. The molecule has 0 bridgehead atoms. The van der Waals surface area contributed by atoms with E-state index >= 15 is 0 Å². The molecule has 2 rings (SSSR count). The zero-order valence-electron chi connectivity index (χ0n) is 15.8. The summed E-state index contributed by atoms with van der Waals surface area (Å²) >= 11 is 0. The van der Waals surface area contributed by atoms with Crippen molar-refractivity contribution >= 4 is 17.6 Å². The fourth-order valence-corrected chi connectivity index (χ4v) is 2.68. The van der Waals surface area contributed by atoms with E-state index in [4.69, 9.17) is 4.74 Å². The van der Waals surface area contributed by atoms with Crippen molar-refractivity contribution in [2.75, 3.05) is 5.32 Å². The molecule has 0 saturated carbocycles. The lowest BCUT2D eigenvalue weighted by molar-refractivity contribution is -0.274. The Morgan fingerprint density at radius 2 is 1.54 bits per heavy atom. The lowest BCUT2D eigenvalue weighted by Gasteiger charge is -2.17. The first-order chi connectivity index (χ1) is 13.0. The number of hydrogen-bond donors (Lipinski definition) is 1. The second-order valence-corrected chi connectivity index (χ2v) is 6.38. The van der Waals surface area contributed by atoms with Gasteiger partial charge in [0.25, 0.3) is 5.91 Å². The lowest BCUT2D eigenvalue weighted by atomic mass is 10.0.